The molecule has 31 heavy (non-hydrogen) atoms. The van der Waals surface area contributed by atoms with Crippen molar-refractivity contribution in [3.05, 3.63) is 53.0 Å². The van der Waals surface area contributed by atoms with Gasteiger partial charge in [0.05, 0.1) is 9.85 Å². The minimum Gasteiger partial charge on any atom is -0.444 e. The maximum absolute atomic E-state index is 11.6. The van der Waals surface area contributed by atoms with Gasteiger partial charge in [0.1, 0.15) is 27.3 Å². The van der Waals surface area contributed by atoms with E-state index in [4.69, 9.17) is 56.9 Å². The van der Waals surface area contributed by atoms with Crippen LogP contribution in [0.1, 0.15) is 20.8 Å². The smallest absolute Gasteiger partial charge is 0.412 e. The Balaban J connectivity index is 0.000000343. The second-order valence-corrected chi connectivity index (χ2v) is 7.94. The van der Waals surface area contributed by atoms with Gasteiger partial charge in [0.2, 0.25) is 10.3 Å². The molecular formula is C15H14Cl4N6O6. The number of halogens is 4. The van der Waals surface area contributed by atoms with Gasteiger partial charge in [0, 0.05) is 12.1 Å². The molecule has 0 saturated carbocycles. The minimum absolute atomic E-state index is 0.0306. The highest BCUT2D eigenvalue weighted by Gasteiger charge is 2.25. The van der Waals surface area contributed by atoms with E-state index in [2.05, 4.69) is 15.3 Å². The Labute approximate surface area is 194 Å². The van der Waals surface area contributed by atoms with E-state index in [1.165, 1.54) is 6.07 Å². The molecule has 3 N–H and O–H groups in total. The Kier molecular flexibility index (Phi) is 8.99. The summed E-state index contributed by atoms with van der Waals surface area (Å²) in [5.41, 5.74) is 3.31. The second-order valence-electron chi connectivity index (χ2n) is 6.45. The number of carbonyl (C=O) groups is 1. The van der Waals surface area contributed by atoms with Crippen molar-refractivity contribution in [1.82, 2.24) is 9.97 Å². The predicted octanol–water partition coefficient (Wildman–Crippen LogP) is 5.52. The fourth-order valence-electron chi connectivity index (χ4n) is 1.84. The third kappa shape index (κ3) is 8.17. The number of carbonyl (C=O) groups excluding carboxylic acids is 1. The van der Waals surface area contributed by atoms with Crippen molar-refractivity contribution >= 4 is 75.2 Å². The van der Waals surface area contributed by atoms with Crippen molar-refractivity contribution in [3.8, 4) is 0 Å². The fourth-order valence-corrected chi connectivity index (χ4v) is 2.85. The first kappa shape index (κ1) is 26.4. The summed E-state index contributed by atoms with van der Waals surface area (Å²) < 4.78 is 4.98. The van der Waals surface area contributed by atoms with Crippen LogP contribution in [0, 0.1) is 20.2 Å². The topological polar surface area (TPSA) is 176 Å². The molecule has 1 amide bonds. The number of hydrogen-bond acceptors (Lipinski definition) is 9. The highest BCUT2D eigenvalue weighted by molar-refractivity contribution is 6.35. The second kappa shape index (κ2) is 10.6. The average molecular weight is 516 g/mol. The number of nitrogens with two attached hydrogens (primary N) is 1. The summed E-state index contributed by atoms with van der Waals surface area (Å²) in [6.07, 6.45) is -0.853. The number of aromatic nitrogens is 2. The molecule has 12 nitrogen and oxygen atoms in total. The summed E-state index contributed by atoms with van der Waals surface area (Å²) >= 11 is 22.1. The van der Waals surface area contributed by atoms with Crippen molar-refractivity contribution in [3.63, 3.8) is 0 Å². The van der Waals surface area contributed by atoms with Crippen molar-refractivity contribution in [2.45, 2.75) is 26.4 Å². The average Bonchev–Trinajstić information content (AvgIpc) is 2.50. The number of nitrogen functional groups attached to an aromatic ring is 1. The first-order valence-electron chi connectivity index (χ1n) is 7.88. The molecule has 0 aliphatic heterocycles. The maximum atomic E-state index is 11.6. The van der Waals surface area contributed by atoms with Crippen LogP contribution >= 0.6 is 46.4 Å². The van der Waals surface area contributed by atoms with Crippen LogP contribution < -0.4 is 11.1 Å². The molecule has 0 saturated heterocycles. The molecule has 0 aliphatic rings. The molecule has 0 fully saturated rings. The van der Waals surface area contributed by atoms with Crippen molar-refractivity contribution < 1.29 is 19.4 Å². The quantitative estimate of drug-likeness (QED) is 0.302. The van der Waals surface area contributed by atoms with E-state index in [1.807, 2.05) is 0 Å². The van der Waals surface area contributed by atoms with E-state index in [-0.39, 0.29) is 26.8 Å². The Bertz CT molecular complexity index is 1010. The first-order valence-corrected chi connectivity index (χ1v) is 9.40. The molecule has 0 aromatic carbocycles. The van der Waals surface area contributed by atoms with Crippen molar-refractivity contribution in [1.29, 1.82) is 0 Å². The highest BCUT2D eigenvalue weighted by Crippen LogP contribution is 2.33. The lowest BCUT2D eigenvalue weighted by Gasteiger charge is -2.19. The Morgan fingerprint density at radius 3 is 1.87 bits per heavy atom. The van der Waals surface area contributed by atoms with Crippen LogP contribution in [0.2, 0.25) is 20.6 Å². The molecule has 2 rings (SSSR count). The molecule has 0 unspecified atom stereocenters. The summed E-state index contributed by atoms with van der Waals surface area (Å²) in [6.45, 7) is 4.98. The van der Waals surface area contributed by atoms with E-state index in [0.29, 0.717) is 0 Å². The van der Waals surface area contributed by atoms with E-state index in [0.717, 1.165) is 6.07 Å². The lowest BCUT2D eigenvalue weighted by atomic mass is 10.2. The number of nitro groups is 2. The number of nitrogens with one attached hydrogen (secondary N) is 1. The van der Waals surface area contributed by atoms with E-state index in [1.54, 1.807) is 20.8 Å². The van der Waals surface area contributed by atoms with Crippen LogP contribution in [0.3, 0.4) is 0 Å². The Morgan fingerprint density at radius 1 is 1.00 bits per heavy atom. The molecular weight excluding hydrogens is 502 g/mol. The number of pyridine rings is 2. The fraction of sp³-hybridized carbons (Fsp3) is 0.267. The van der Waals surface area contributed by atoms with Crippen molar-refractivity contribution in [2.24, 2.45) is 0 Å². The highest BCUT2D eigenvalue weighted by atomic mass is 35.5. The third-order valence-corrected chi connectivity index (χ3v) is 3.78. The SMILES string of the molecule is CC(C)(C)OC(=O)Nc1cc(Cl)nc(Cl)c1[N+](=O)[O-].Nc1cc(Cl)nc(Cl)c1[N+](=O)[O-]. The van der Waals surface area contributed by atoms with E-state index in [9.17, 15) is 25.0 Å². The van der Waals surface area contributed by atoms with Gasteiger partial charge in [-0.3, -0.25) is 25.5 Å². The van der Waals surface area contributed by atoms with E-state index >= 15 is 0 Å². The van der Waals surface area contributed by atoms with Crippen molar-refractivity contribution in [2.75, 3.05) is 11.1 Å². The monoisotopic (exact) mass is 514 g/mol. The van der Waals surface area contributed by atoms with Gasteiger partial charge in [-0.1, -0.05) is 46.4 Å². The zero-order valence-electron chi connectivity index (χ0n) is 16.0. The standard InChI is InChI=1S/C10H11Cl2N3O4.C5H3Cl2N3O2/c1-10(2,3)19-9(16)13-5-4-6(11)14-8(12)7(5)15(17)18;6-3-1-2(8)4(10(11)12)5(7)9-3/h4H,1-3H3,(H,13,14,16);1H,(H2,8,9). The molecule has 0 atom stereocenters. The molecule has 168 valence electrons. The Hall–Kier alpha value is -2.67. The number of amides is 1. The summed E-state index contributed by atoms with van der Waals surface area (Å²) in [6, 6.07) is 2.29. The number of nitrogens with zero attached hydrogens (tertiary/aromatic N) is 4. The van der Waals surface area contributed by atoms with Gasteiger partial charge >= 0.3 is 17.5 Å². The number of ether oxygens (including phenoxy) is 1. The van der Waals surface area contributed by atoms with Crippen LogP contribution in [0.5, 0.6) is 0 Å². The zero-order valence-corrected chi connectivity index (χ0v) is 19.0. The Morgan fingerprint density at radius 2 is 1.45 bits per heavy atom. The van der Waals surface area contributed by atoms with Crippen LogP contribution in [0.25, 0.3) is 0 Å². The van der Waals surface area contributed by atoms with Crippen LogP contribution in [0.15, 0.2) is 12.1 Å². The predicted molar refractivity (Wildman–Crippen MR) is 116 cm³/mol. The number of anilines is 2. The molecule has 2 aromatic rings. The van der Waals surface area contributed by atoms with Crippen LogP contribution in [0.4, 0.5) is 27.5 Å². The molecule has 0 bridgehead atoms. The molecule has 0 radical (unpaired) electrons. The molecule has 2 aromatic heterocycles. The van der Waals surface area contributed by atoms with Crippen LogP contribution in [-0.2, 0) is 4.74 Å². The summed E-state index contributed by atoms with van der Waals surface area (Å²) in [4.78, 5) is 38.3. The molecule has 16 heteroatoms. The van der Waals surface area contributed by atoms with Gasteiger partial charge in [-0.15, -0.1) is 0 Å². The summed E-state index contributed by atoms with van der Waals surface area (Å²) in [5.74, 6) is 0. The molecule has 2 heterocycles. The first-order chi connectivity index (χ1) is 14.1. The largest absolute Gasteiger partial charge is 0.444 e. The number of rotatable bonds is 3. The van der Waals surface area contributed by atoms with Gasteiger partial charge in [-0.25, -0.2) is 14.8 Å². The lowest BCUT2D eigenvalue weighted by Crippen LogP contribution is -2.27. The molecule has 0 aliphatic carbocycles. The summed E-state index contributed by atoms with van der Waals surface area (Å²) in [7, 11) is 0. The number of hydrogen-bond donors (Lipinski definition) is 2. The molecule has 0 spiro atoms. The maximum Gasteiger partial charge on any atom is 0.412 e. The van der Waals surface area contributed by atoms with Gasteiger partial charge < -0.3 is 10.5 Å². The lowest BCUT2D eigenvalue weighted by molar-refractivity contribution is -0.384. The van der Waals surface area contributed by atoms with Gasteiger partial charge in [0.15, 0.2) is 0 Å². The normalized spacial score (nSPS) is 10.5. The van der Waals surface area contributed by atoms with Gasteiger partial charge in [0.25, 0.3) is 0 Å². The van der Waals surface area contributed by atoms with Gasteiger partial charge in [-0.05, 0) is 20.8 Å². The summed E-state index contributed by atoms with van der Waals surface area (Å²) in [5, 5.41) is 22.6. The minimum atomic E-state index is -0.853. The third-order valence-electron chi connectivity index (χ3n) is 2.87. The van der Waals surface area contributed by atoms with Gasteiger partial charge in [-0.2, -0.15) is 0 Å². The zero-order chi connectivity index (χ0) is 24.1. The van der Waals surface area contributed by atoms with Crippen LogP contribution in [-0.4, -0.2) is 31.5 Å². The van der Waals surface area contributed by atoms with E-state index < -0.39 is 38.1 Å².